The van der Waals surface area contributed by atoms with Crippen molar-refractivity contribution in [3.05, 3.63) is 70.7 Å². The lowest BCUT2D eigenvalue weighted by Gasteiger charge is -2.11. The molecule has 0 aliphatic carbocycles. The monoisotopic (exact) mass is 411 g/mol. The van der Waals surface area contributed by atoms with Crippen molar-refractivity contribution in [1.82, 2.24) is 9.97 Å². The minimum atomic E-state index is -1.17. The van der Waals surface area contributed by atoms with Gasteiger partial charge in [0.1, 0.15) is 23.0 Å². The first-order valence-electron chi connectivity index (χ1n) is 8.54. The minimum Gasteiger partial charge on any atom is -0.396 e. The summed E-state index contributed by atoms with van der Waals surface area (Å²) in [5.74, 6) is -2.87. The van der Waals surface area contributed by atoms with Gasteiger partial charge >= 0.3 is 0 Å². The topological polar surface area (TPSA) is 107 Å². The molecule has 0 saturated carbocycles. The SMILES string of the molecule is NC(=O)c1c(F)cc(-c2ccc(N)c(NCc3ccc4ncsc4c3)n2)cc1F. The molecule has 4 rings (SSSR count). The molecule has 0 atom stereocenters. The summed E-state index contributed by atoms with van der Waals surface area (Å²) in [6.45, 7) is 0.456. The Labute approximate surface area is 168 Å². The minimum absolute atomic E-state index is 0.166. The van der Waals surface area contributed by atoms with E-state index in [4.69, 9.17) is 11.5 Å². The average Bonchev–Trinajstić information content (AvgIpc) is 3.14. The zero-order chi connectivity index (χ0) is 20.5. The van der Waals surface area contributed by atoms with Crippen molar-refractivity contribution in [2.24, 2.45) is 5.73 Å². The standard InChI is InChI=1S/C20H15F2N5OS/c21-12-6-11(7-13(22)18(12)19(24)28)15-4-2-14(23)20(27-15)25-8-10-1-3-16-17(5-10)29-9-26-16/h1-7,9H,8,23H2,(H2,24,28)(H,25,27). The van der Waals surface area contributed by atoms with Crippen LogP contribution in [0.25, 0.3) is 21.5 Å². The quantitative estimate of drug-likeness (QED) is 0.461. The second-order valence-electron chi connectivity index (χ2n) is 6.32. The predicted octanol–water partition coefficient (Wildman–Crippen LogP) is 3.93. The maximum absolute atomic E-state index is 14.1. The number of carbonyl (C=O) groups is 1. The van der Waals surface area contributed by atoms with Crippen LogP contribution in [0.2, 0.25) is 0 Å². The lowest BCUT2D eigenvalue weighted by molar-refractivity contribution is 0.0992. The molecule has 0 spiro atoms. The van der Waals surface area contributed by atoms with Crippen LogP contribution in [0.4, 0.5) is 20.3 Å². The summed E-state index contributed by atoms with van der Waals surface area (Å²) in [7, 11) is 0. The van der Waals surface area contributed by atoms with E-state index in [0.29, 0.717) is 23.7 Å². The van der Waals surface area contributed by atoms with E-state index < -0.39 is 23.1 Å². The molecule has 0 saturated heterocycles. The van der Waals surface area contributed by atoms with E-state index in [1.165, 1.54) is 0 Å². The molecule has 2 heterocycles. The highest BCUT2D eigenvalue weighted by Crippen LogP contribution is 2.27. The zero-order valence-electron chi connectivity index (χ0n) is 14.9. The Hall–Kier alpha value is -3.59. The molecule has 2 aromatic heterocycles. The molecule has 9 heteroatoms. The first-order valence-corrected chi connectivity index (χ1v) is 9.42. The van der Waals surface area contributed by atoms with E-state index in [-0.39, 0.29) is 5.56 Å². The number of benzene rings is 2. The zero-order valence-corrected chi connectivity index (χ0v) is 15.8. The van der Waals surface area contributed by atoms with E-state index in [1.54, 1.807) is 29.0 Å². The molecule has 0 bridgehead atoms. The Morgan fingerprint density at radius 1 is 1.10 bits per heavy atom. The number of fused-ring (bicyclic) bond motifs is 1. The van der Waals surface area contributed by atoms with E-state index in [2.05, 4.69) is 15.3 Å². The first kappa shape index (κ1) is 18.8. The summed E-state index contributed by atoms with van der Waals surface area (Å²) >= 11 is 1.55. The van der Waals surface area contributed by atoms with Crippen LogP contribution in [0.5, 0.6) is 0 Å². The summed E-state index contributed by atoms with van der Waals surface area (Å²) in [6.07, 6.45) is 0. The number of halogens is 2. The van der Waals surface area contributed by atoms with Gasteiger partial charge in [-0.2, -0.15) is 0 Å². The molecule has 0 unspecified atom stereocenters. The third kappa shape index (κ3) is 3.72. The predicted molar refractivity (Wildman–Crippen MR) is 109 cm³/mol. The Morgan fingerprint density at radius 2 is 1.86 bits per heavy atom. The Balaban J connectivity index is 1.61. The molecule has 5 N–H and O–H groups in total. The number of pyridine rings is 1. The Kier molecular flexibility index (Phi) is 4.81. The van der Waals surface area contributed by atoms with Crippen molar-refractivity contribution in [2.45, 2.75) is 6.54 Å². The summed E-state index contributed by atoms with van der Waals surface area (Å²) in [6, 6.07) is 11.1. The summed E-state index contributed by atoms with van der Waals surface area (Å²) < 4.78 is 29.2. The number of aromatic nitrogens is 2. The number of hydrogen-bond acceptors (Lipinski definition) is 6. The summed E-state index contributed by atoms with van der Waals surface area (Å²) in [4.78, 5) is 19.8. The van der Waals surface area contributed by atoms with Gasteiger partial charge in [-0.3, -0.25) is 4.79 Å². The van der Waals surface area contributed by atoms with Gasteiger partial charge in [0.2, 0.25) is 0 Å². The van der Waals surface area contributed by atoms with Gasteiger partial charge < -0.3 is 16.8 Å². The lowest BCUT2D eigenvalue weighted by atomic mass is 10.1. The number of hydrogen-bond donors (Lipinski definition) is 3. The number of nitrogens with one attached hydrogen (secondary N) is 1. The molecule has 29 heavy (non-hydrogen) atoms. The van der Waals surface area contributed by atoms with Crippen molar-refractivity contribution in [1.29, 1.82) is 0 Å². The molecule has 0 aliphatic heterocycles. The van der Waals surface area contributed by atoms with Crippen LogP contribution < -0.4 is 16.8 Å². The van der Waals surface area contributed by atoms with Gasteiger partial charge in [-0.15, -0.1) is 11.3 Å². The molecule has 146 valence electrons. The van der Waals surface area contributed by atoms with Crippen molar-refractivity contribution in [3.63, 3.8) is 0 Å². The van der Waals surface area contributed by atoms with Gasteiger partial charge in [-0.1, -0.05) is 6.07 Å². The van der Waals surface area contributed by atoms with E-state index in [1.807, 2.05) is 18.2 Å². The second-order valence-corrected chi connectivity index (χ2v) is 7.21. The highest BCUT2D eigenvalue weighted by molar-refractivity contribution is 7.16. The fraction of sp³-hybridized carbons (Fsp3) is 0.0500. The van der Waals surface area contributed by atoms with Crippen LogP contribution in [0.1, 0.15) is 15.9 Å². The second kappa shape index (κ2) is 7.44. The van der Waals surface area contributed by atoms with Gasteiger partial charge in [0, 0.05) is 12.1 Å². The smallest absolute Gasteiger partial charge is 0.254 e. The maximum atomic E-state index is 14.1. The summed E-state index contributed by atoms with van der Waals surface area (Å²) in [5.41, 5.74) is 14.8. The van der Waals surface area contributed by atoms with Crippen LogP contribution in [-0.2, 0) is 6.54 Å². The van der Waals surface area contributed by atoms with Crippen LogP contribution in [0.3, 0.4) is 0 Å². The largest absolute Gasteiger partial charge is 0.396 e. The molecule has 4 aromatic rings. The summed E-state index contributed by atoms with van der Waals surface area (Å²) in [5, 5.41) is 3.14. The van der Waals surface area contributed by atoms with Crippen LogP contribution in [0.15, 0.2) is 48.0 Å². The van der Waals surface area contributed by atoms with Gasteiger partial charge in [-0.05, 0) is 42.0 Å². The van der Waals surface area contributed by atoms with Crippen molar-refractivity contribution < 1.29 is 13.6 Å². The van der Waals surface area contributed by atoms with Gasteiger partial charge in [0.15, 0.2) is 0 Å². The third-order valence-corrected chi connectivity index (χ3v) is 5.16. The number of nitrogens with two attached hydrogens (primary N) is 2. The highest BCUT2D eigenvalue weighted by Gasteiger charge is 2.17. The van der Waals surface area contributed by atoms with Gasteiger partial charge in [0.25, 0.3) is 5.91 Å². The molecule has 6 nitrogen and oxygen atoms in total. The molecule has 2 aromatic carbocycles. The number of thiazole rings is 1. The molecule has 0 aliphatic rings. The Morgan fingerprint density at radius 3 is 2.59 bits per heavy atom. The average molecular weight is 411 g/mol. The molecule has 1 amide bonds. The fourth-order valence-electron chi connectivity index (χ4n) is 2.92. The van der Waals surface area contributed by atoms with Crippen LogP contribution in [-0.4, -0.2) is 15.9 Å². The van der Waals surface area contributed by atoms with E-state index in [0.717, 1.165) is 27.9 Å². The molecule has 0 radical (unpaired) electrons. The fourth-order valence-corrected chi connectivity index (χ4v) is 3.66. The number of carbonyl (C=O) groups excluding carboxylic acids is 1. The normalized spacial score (nSPS) is 11.0. The van der Waals surface area contributed by atoms with E-state index in [9.17, 15) is 13.6 Å². The van der Waals surface area contributed by atoms with Crippen molar-refractivity contribution >= 4 is 39.0 Å². The molecular weight excluding hydrogens is 396 g/mol. The van der Waals surface area contributed by atoms with Gasteiger partial charge in [0.05, 0.1) is 27.1 Å². The number of nitrogen functional groups attached to an aromatic ring is 1. The maximum Gasteiger partial charge on any atom is 0.254 e. The number of anilines is 2. The number of rotatable bonds is 5. The van der Waals surface area contributed by atoms with Crippen LogP contribution >= 0.6 is 11.3 Å². The van der Waals surface area contributed by atoms with Crippen molar-refractivity contribution in [2.75, 3.05) is 11.1 Å². The highest BCUT2D eigenvalue weighted by atomic mass is 32.1. The third-order valence-electron chi connectivity index (χ3n) is 4.37. The van der Waals surface area contributed by atoms with Crippen LogP contribution in [0, 0.1) is 11.6 Å². The Bertz CT molecular complexity index is 1220. The molecular formula is C20H15F2N5OS. The van der Waals surface area contributed by atoms with Crippen molar-refractivity contribution in [3.8, 4) is 11.3 Å². The lowest BCUT2D eigenvalue weighted by Crippen LogP contribution is -2.15. The number of nitrogens with zero attached hydrogens (tertiary/aromatic N) is 2. The first-order chi connectivity index (χ1) is 13.9. The number of primary amides is 1. The molecule has 0 fully saturated rings. The van der Waals surface area contributed by atoms with E-state index >= 15 is 0 Å². The van der Waals surface area contributed by atoms with Gasteiger partial charge in [-0.25, -0.2) is 18.7 Å². The number of amides is 1.